The molecule has 0 unspecified atom stereocenters. The van der Waals surface area contributed by atoms with Gasteiger partial charge in [-0.05, 0) is 24.1 Å². The van der Waals surface area contributed by atoms with Gasteiger partial charge in [0.2, 0.25) is 5.91 Å². The van der Waals surface area contributed by atoms with Crippen molar-refractivity contribution < 1.29 is 4.79 Å². The van der Waals surface area contributed by atoms with Crippen LogP contribution in [-0.2, 0) is 11.2 Å². The minimum Gasteiger partial charge on any atom is -0.399 e. The first-order chi connectivity index (χ1) is 6.50. The summed E-state index contributed by atoms with van der Waals surface area (Å²) in [5.41, 5.74) is 8.49. The number of anilines is 1. The van der Waals surface area contributed by atoms with Gasteiger partial charge in [-0.15, -0.1) is 0 Å². The van der Waals surface area contributed by atoms with Crippen molar-refractivity contribution in [2.45, 2.75) is 13.3 Å². The molecule has 0 aliphatic carbocycles. The lowest BCUT2D eigenvalue weighted by Gasteiger charge is -2.10. The van der Waals surface area contributed by atoms with Crippen LogP contribution in [0.5, 0.6) is 0 Å². The van der Waals surface area contributed by atoms with E-state index in [-0.39, 0.29) is 5.91 Å². The number of carbonyl (C=O) groups is 1. The summed E-state index contributed by atoms with van der Waals surface area (Å²) in [6.07, 6.45) is 0.439. The highest BCUT2D eigenvalue weighted by Crippen LogP contribution is 2.13. The van der Waals surface area contributed by atoms with E-state index in [0.717, 1.165) is 16.8 Å². The Labute approximate surface area is 84.5 Å². The van der Waals surface area contributed by atoms with Crippen LogP contribution >= 0.6 is 0 Å². The highest BCUT2D eigenvalue weighted by atomic mass is 16.2. The molecule has 0 bridgehead atoms. The SMILES string of the molecule is Cc1cc(CC(=O)N(C)C)ccc1N. The second kappa shape index (κ2) is 4.13. The molecule has 0 aliphatic heterocycles. The van der Waals surface area contributed by atoms with Gasteiger partial charge in [0.15, 0.2) is 0 Å². The number of likely N-dealkylation sites (N-methyl/N-ethyl adjacent to an activating group) is 1. The zero-order valence-corrected chi connectivity index (χ0v) is 8.87. The third kappa shape index (κ3) is 2.49. The Morgan fingerprint density at radius 1 is 1.43 bits per heavy atom. The molecule has 0 aromatic heterocycles. The lowest BCUT2D eigenvalue weighted by Crippen LogP contribution is -2.23. The van der Waals surface area contributed by atoms with Crippen LogP contribution in [0.4, 0.5) is 5.69 Å². The lowest BCUT2D eigenvalue weighted by molar-refractivity contribution is -0.127. The number of benzene rings is 1. The number of aryl methyl sites for hydroxylation is 1. The minimum absolute atomic E-state index is 0.106. The summed E-state index contributed by atoms with van der Waals surface area (Å²) >= 11 is 0. The topological polar surface area (TPSA) is 46.3 Å². The summed E-state index contributed by atoms with van der Waals surface area (Å²) in [4.78, 5) is 13.0. The minimum atomic E-state index is 0.106. The molecule has 2 N–H and O–H groups in total. The van der Waals surface area contributed by atoms with E-state index < -0.39 is 0 Å². The molecule has 0 saturated carbocycles. The van der Waals surface area contributed by atoms with Gasteiger partial charge in [0.1, 0.15) is 0 Å². The summed E-state index contributed by atoms with van der Waals surface area (Å²) in [5.74, 6) is 0.106. The molecule has 76 valence electrons. The summed E-state index contributed by atoms with van der Waals surface area (Å²) in [5, 5.41) is 0. The second-order valence-electron chi connectivity index (χ2n) is 3.66. The predicted octanol–water partition coefficient (Wildman–Crippen LogP) is 1.21. The monoisotopic (exact) mass is 192 g/mol. The molecule has 0 radical (unpaired) electrons. The summed E-state index contributed by atoms with van der Waals surface area (Å²) in [6, 6.07) is 5.69. The molecule has 1 rings (SSSR count). The Morgan fingerprint density at radius 3 is 2.57 bits per heavy atom. The highest BCUT2D eigenvalue weighted by Gasteiger charge is 2.05. The molecule has 1 aromatic carbocycles. The molecule has 0 aliphatic rings. The van der Waals surface area contributed by atoms with Gasteiger partial charge in [-0.3, -0.25) is 4.79 Å². The van der Waals surface area contributed by atoms with E-state index in [1.165, 1.54) is 0 Å². The molecule has 3 nitrogen and oxygen atoms in total. The maximum absolute atomic E-state index is 11.4. The number of carbonyl (C=O) groups excluding carboxylic acids is 1. The van der Waals surface area contributed by atoms with Crippen molar-refractivity contribution in [1.29, 1.82) is 0 Å². The summed E-state index contributed by atoms with van der Waals surface area (Å²) in [6.45, 7) is 1.94. The van der Waals surface area contributed by atoms with Crippen LogP contribution in [0.2, 0.25) is 0 Å². The van der Waals surface area contributed by atoms with Gasteiger partial charge >= 0.3 is 0 Å². The molecule has 3 heteroatoms. The number of amides is 1. The largest absolute Gasteiger partial charge is 0.399 e. The molecule has 0 fully saturated rings. The molecule has 1 amide bonds. The van der Waals surface area contributed by atoms with E-state index >= 15 is 0 Å². The third-order valence-electron chi connectivity index (χ3n) is 2.19. The maximum atomic E-state index is 11.4. The van der Waals surface area contributed by atoms with Crippen LogP contribution in [0.25, 0.3) is 0 Å². The number of nitrogen functional groups attached to an aromatic ring is 1. The van der Waals surface area contributed by atoms with Crippen LogP contribution in [0.15, 0.2) is 18.2 Å². The fraction of sp³-hybridized carbons (Fsp3) is 0.364. The third-order valence-corrected chi connectivity index (χ3v) is 2.19. The van der Waals surface area contributed by atoms with Gasteiger partial charge in [0.05, 0.1) is 6.42 Å². The van der Waals surface area contributed by atoms with Crippen molar-refractivity contribution in [3.05, 3.63) is 29.3 Å². The van der Waals surface area contributed by atoms with Gasteiger partial charge in [-0.25, -0.2) is 0 Å². The van der Waals surface area contributed by atoms with E-state index in [0.29, 0.717) is 6.42 Å². The van der Waals surface area contributed by atoms with Crippen molar-refractivity contribution in [2.75, 3.05) is 19.8 Å². The number of rotatable bonds is 2. The molecule has 0 spiro atoms. The van der Waals surface area contributed by atoms with Crippen molar-refractivity contribution in [2.24, 2.45) is 0 Å². The average molecular weight is 192 g/mol. The molecular formula is C11H16N2O. The Balaban J connectivity index is 2.78. The van der Waals surface area contributed by atoms with Crippen LogP contribution in [-0.4, -0.2) is 24.9 Å². The highest BCUT2D eigenvalue weighted by molar-refractivity contribution is 5.78. The lowest BCUT2D eigenvalue weighted by atomic mass is 10.1. The van der Waals surface area contributed by atoms with Gasteiger partial charge in [-0.2, -0.15) is 0 Å². The van der Waals surface area contributed by atoms with Crippen LogP contribution in [0, 0.1) is 6.92 Å². The zero-order chi connectivity index (χ0) is 10.7. The van der Waals surface area contributed by atoms with E-state index in [4.69, 9.17) is 5.73 Å². The molecular weight excluding hydrogens is 176 g/mol. The molecule has 14 heavy (non-hydrogen) atoms. The van der Waals surface area contributed by atoms with E-state index in [9.17, 15) is 4.79 Å². The number of nitrogens with zero attached hydrogens (tertiary/aromatic N) is 1. The van der Waals surface area contributed by atoms with Crippen LogP contribution < -0.4 is 5.73 Å². The maximum Gasteiger partial charge on any atom is 0.226 e. The first-order valence-electron chi connectivity index (χ1n) is 4.56. The van der Waals surface area contributed by atoms with Gasteiger partial charge in [0.25, 0.3) is 0 Å². The van der Waals surface area contributed by atoms with Gasteiger partial charge < -0.3 is 10.6 Å². The Morgan fingerprint density at radius 2 is 2.07 bits per heavy atom. The summed E-state index contributed by atoms with van der Waals surface area (Å²) in [7, 11) is 3.51. The zero-order valence-electron chi connectivity index (χ0n) is 8.87. The average Bonchev–Trinajstić information content (AvgIpc) is 2.11. The Kier molecular flexibility index (Phi) is 3.12. The molecule has 0 saturated heterocycles. The van der Waals surface area contributed by atoms with Gasteiger partial charge in [0, 0.05) is 19.8 Å². The Hall–Kier alpha value is -1.51. The number of nitrogens with two attached hydrogens (primary N) is 1. The van der Waals surface area contributed by atoms with Crippen molar-refractivity contribution in [3.63, 3.8) is 0 Å². The smallest absolute Gasteiger partial charge is 0.226 e. The number of hydrogen-bond acceptors (Lipinski definition) is 2. The fourth-order valence-corrected chi connectivity index (χ4v) is 1.18. The van der Waals surface area contributed by atoms with Crippen molar-refractivity contribution in [1.82, 2.24) is 4.90 Å². The van der Waals surface area contributed by atoms with Crippen LogP contribution in [0.1, 0.15) is 11.1 Å². The van der Waals surface area contributed by atoms with E-state index in [1.807, 2.05) is 25.1 Å². The van der Waals surface area contributed by atoms with E-state index in [1.54, 1.807) is 19.0 Å². The molecule has 0 atom stereocenters. The van der Waals surface area contributed by atoms with Crippen LogP contribution in [0.3, 0.4) is 0 Å². The first kappa shape index (κ1) is 10.6. The quantitative estimate of drug-likeness (QED) is 0.716. The Bertz CT molecular complexity index is 345. The molecule has 0 heterocycles. The van der Waals surface area contributed by atoms with E-state index in [2.05, 4.69) is 0 Å². The second-order valence-corrected chi connectivity index (χ2v) is 3.66. The standard InChI is InChI=1S/C11H16N2O/c1-8-6-9(4-5-10(8)12)7-11(14)13(2)3/h4-6H,7,12H2,1-3H3. The van der Waals surface area contributed by atoms with Crippen molar-refractivity contribution in [3.8, 4) is 0 Å². The normalized spacial score (nSPS) is 9.93. The fourth-order valence-electron chi connectivity index (χ4n) is 1.18. The van der Waals surface area contributed by atoms with Crippen molar-refractivity contribution >= 4 is 11.6 Å². The number of hydrogen-bond donors (Lipinski definition) is 1. The first-order valence-corrected chi connectivity index (χ1v) is 4.56. The van der Waals surface area contributed by atoms with Gasteiger partial charge in [-0.1, -0.05) is 12.1 Å². The molecule has 1 aromatic rings. The summed E-state index contributed by atoms with van der Waals surface area (Å²) < 4.78 is 0. The predicted molar refractivity (Wildman–Crippen MR) is 58.0 cm³/mol.